The summed E-state index contributed by atoms with van der Waals surface area (Å²) in [5.41, 5.74) is -0.0571. The molecule has 14 heteroatoms. The number of carbonyl (C=O) groups is 1. The monoisotopic (exact) mass is 441 g/mol. The highest BCUT2D eigenvalue weighted by atomic mass is 32.2. The van der Waals surface area contributed by atoms with Crippen LogP contribution in [0.5, 0.6) is 5.75 Å². The molecule has 1 aromatic heterocycles. The smallest absolute Gasteiger partial charge is 0.465 e. The van der Waals surface area contributed by atoms with Crippen LogP contribution in [0.4, 0.5) is 18.9 Å². The molecule has 2 aromatic carbocycles. The van der Waals surface area contributed by atoms with Crippen molar-refractivity contribution in [2.24, 2.45) is 0 Å². The Morgan fingerprint density at radius 3 is 2.50 bits per heavy atom. The van der Waals surface area contributed by atoms with Crippen LogP contribution >= 0.6 is 11.8 Å². The number of rotatable bonds is 6. The molecule has 10 nitrogen and oxygen atoms in total. The summed E-state index contributed by atoms with van der Waals surface area (Å²) in [5, 5.41) is 22.2. The van der Waals surface area contributed by atoms with E-state index in [0.717, 1.165) is 37.1 Å². The lowest BCUT2D eigenvalue weighted by Crippen LogP contribution is -2.17. The molecule has 0 radical (unpaired) electrons. The van der Waals surface area contributed by atoms with Gasteiger partial charge in [-0.05, 0) is 52.5 Å². The molecule has 0 aliphatic rings. The first-order valence-electron chi connectivity index (χ1n) is 7.87. The van der Waals surface area contributed by atoms with Gasteiger partial charge in [-0.25, -0.2) is 4.79 Å². The summed E-state index contributed by atoms with van der Waals surface area (Å²) in [6, 6.07) is 8.39. The molecule has 0 N–H and O–H groups in total. The van der Waals surface area contributed by atoms with E-state index in [4.69, 9.17) is 0 Å². The van der Waals surface area contributed by atoms with E-state index in [-0.39, 0.29) is 21.3 Å². The molecule has 0 amide bonds. The van der Waals surface area contributed by atoms with Gasteiger partial charge in [-0.1, -0.05) is 0 Å². The summed E-state index contributed by atoms with van der Waals surface area (Å²) >= 11 is 0.913. The largest absolute Gasteiger partial charge is 0.573 e. The molecule has 0 aliphatic heterocycles. The molecule has 156 valence electrons. The van der Waals surface area contributed by atoms with Gasteiger partial charge in [0.05, 0.1) is 23.3 Å². The molecular formula is C16H10F3N5O5S. The molecule has 0 saturated carbocycles. The van der Waals surface area contributed by atoms with E-state index in [1.54, 1.807) is 0 Å². The number of aromatic nitrogens is 4. The molecule has 0 saturated heterocycles. The van der Waals surface area contributed by atoms with Gasteiger partial charge in [0.15, 0.2) is 0 Å². The van der Waals surface area contributed by atoms with E-state index in [2.05, 4.69) is 25.0 Å². The molecule has 1 heterocycles. The number of tetrazole rings is 1. The Hall–Kier alpha value is -3.68. The van der Waals surface area contributed by atoms with E-state index in [9.17, 15) is 28.1 Å². The fraction of sp³-hybridized carbons (Fsp3) is 0.125. The van der Waals surface area contributed by atoms with E-state index in [1.165, 1.54) is 28.9 Å². The predicted molar refractivity (Wildman–Crippen MR) is 94.4 cm³/mol. The van der Waals surface area contributed by atoms with Gasteiger partial charge < -0.3 is 9.47 Å². The van der Waals surface area contributed by atoms with Gasteiger partial charge in [0.2, 0.25) is 5.16 Å². The fourth-order valence-electron chi connectivity index (χ4n) is 2.28. The number of hydrogen-bond acceptors (Lipinski definition) is 9. The molecule has 3 aromatic rings. The zero-order valence-electron chi connectivity index (χ0n) is 14.9. The van der Waals surface area contributed by atoms with Gasteiger partial charge >= 0.3 is 12.3 Å². The molecule has 0 unspecified atom stereocenters. The standard InChI is InChI=1S/C16H10F3N5O5S/c1-28-14(25)12-8-10(24(26)27)4-7-13(12)30-15-20-21-22-23(15)9-2-5-11(6-3-9)29-16(17,18)19/h2-8H,1H3. The van der Waals surface area contributed by atoms with E-state index >= 15 is 0 Å². The zero-order chi connectivity index (χ0) is 21.9. The summed E-state index contributed by atoms with van der Waals surface area (Å²) < 4.78 is 46.6. The first-order valence-corrected chi connectivity index (χ1v) is 8.69. The van der Waals surface area contributed by atoms with Crippen molar-refractivity contribution in [1.29, 1.82) is 0 Å². The van der Waals surface area contributed by atoms with E-state index < -0.39 is 23.0 Å². The summed E-state index contributed by atoms with van der Waals surface area (Å²) in [6.07, 6.45) is -4.82. The van der Waals surface area contributed by atoms with Crippen molar-refractivity contribution in [3.05, 3.63) is 58.1 Å². The average molecular weight is 441 g/mol. The quantitative estimate of drug-likeness (QED) is 0.322. The van der Waals surface area contributed by atoms with Crippen LogP contribution in [0.2, 0.25) is 0 Å². The first-order chi connectivity index (χ1) is 14.2. The van der Waals surface area contributed by atoms with Gasteiger partial charge in [0.25, 0.3) is 5.69 Å². The van der Waals surface area contributed by atoms with Gasteiger partial charge in [0, 0.05) is 17.0 Å². The average Bonchev–Trinajstić information content (AvgIpc) is 3.15. The lowest BCUT2D eigenvalue weighted by Gasteiger charge is -2.10. The van der Waals surface area contributed by atoms with Gasteiger partial charge in [-0.3, -0.25) is 10.1 Å². The number of carbonyl (C=O) groups excluding carboxylic acids is 1. The minimum Gasteiger partial charge on any atom is -0.465 e. The fourth-order valence-corrected chi connectivity index (χ4v) is 3.17. The molecule has 3 rings (SSSR count). The van der Waals surface area contributed by atoms with Crippen LogP contribution in [0.25, 0.3) is 5.69 Å². The minimum atomic E-state index is -4.82. The number of benzene rings is 2. The number of non-ortho nitro benzene ring substituents is 1. The van der Waals surface area contributed by atoms with E-state index in [0.29, 0.717) is 5.69 Å². The van der Waals surface area contributed by atoms with Crippen LogP contribution in [0.1, 0.15) is 10.4 Å². The summed E-state index contributed by atoms with van der Waals surface area (Å²) in [4.78, 5) is 22.6. The third-order valence-corrected chi connectivity index (χ3v) is 4.55. The summed E-state index contributed by atoms with van der Waals surface area (Å²) in [7, 11) is 1.13. The second kappa shape index (κ2) is 8.36. The van der Waals surface area contributed by atoms with Crippen LogP contribution in [0, 0.1) is 10.1 Å². The van der Waals surface area contributed by atoms with Crippen molar-refractivity contribution in [1.82, 2.24) is 20.2 Å². The number of nitrogens with zero attached hydrogens (tertiary/aromatic N) is 5. The molecular weight excluding hydrogens is 431 g/mol. The number of esters is 1. The Morgan fingerprint density at radius 1 is 1.20 bits per heavy atom. The number of methoxy groups -OCH3 is 1. The lowest BCUT2D eigenvalue weighted by atomic mass is 10.2. The third kappa shape index (κ3) is 4.83. The summed E-state index contributed by atoms with van der Waals surface area (Å²) in [6.45, 7) is 0. The van der Waals surface area contributed by atoms with Gasteiger partial charge in [-0.2, -0.15) is 4.68 Å². The Labute approximate surface area is 169 Å². The number of hydrogen-bond donors (Lipinski definition) is 0. The van der Waals surface area contributed by atoms with Crippen molar-refractivity contribution in [2.75, 3.05) is 7.11 Å². The second-order valence-corrected chi connectivity index (χ2v) is 6.46. The molecule has 30 heavy (non-hydrogen) atoms. The first kappa shape index (κ1) is 21.0. The molecule has 0 aliphatic carbocycles. The van der Waals surface area contributed by atoms with Crippen LogP contribution < -0.4 is 4.74 Å². The maximum Gasteiger partial charge on any atom is 0.573 e. The minimum absolute atomic E-state index is 0.0693. The number of halogens is 3. The zero-order valence-corrected chi connectivity index (χ0v) is 15.7. The lowest BCUT2D eigenvalue weighted by molar-refractivity contribution is -0.384. The predicted octanol–water partition coefficient (Wildman–Crippen LogP) is 3.41. The van der Waals surface area contributed by atoms with Crippen LogP contribution in [0.15, 0.2) is 52.5 Å². The normalized spacial score (nSPS) is 11.2. The van der Waals surface area contributed by atoms with Crippen molar-refractivity contribution < 1.29 is 32.4 Å². The van der Waals surface area contributed by atoms with Crippen LogP contribution in [-0.4, -0.2) is 44.6 Å². The maximum absolute atomic E-state index is 12.3. The van der Waals surface area contributed by atoms with Crippen LogP contribution in [0.3, 0.4) is 0 Å². The van der Waals surface area contributed by atoms with Crippen molar-refractivity contribution in [3.8, 4) is 11.4 Å². The third-order valence-electron chi connectivity index (χ3n) is 3.54. The highest BCUT2D eigenvalue weighted by molar-refractivity contribution is 7.99. The highest BCUT2D eigenvalue weighted by Crippen LogP contribution is 2.33. The highest BCUT2D eigenvalue weighted by Gasteiger charge is 2.31. The summed E-state index contributed by atoms with van der Waals surface area (Å²) in [5.74, 6) is -1.22. The Kier molecular flexibility index (Phi) is 5.86. The Balaban J connectivity index is 1.91. The topological polar surface area (TPSA) is 122 Å². The SMILES string of the molecule is COC(=O)c1cc([N+](=O)[O-])ccc1Sc1nnnn1-c1ccc(OC(F)(F)F)cc1. The molecule has 0 spiro atoms. The van der Waals surface area contributed by atoms with Crippen molar-refractivity contribution >= 4 is 23.4 Å². The molecule has 0 atom stereocenters. The molecule has 0 bridgehead atoms. The molecule has 0 fully saturated rings. The van der Waals surface area contributed by atoms with Gasteiger partial charge in [0.1, 0.15) is 5.75 Å². The van der Waals surface area contributed by atoms with E-state index in [1.807, 2.05) is 0 Å². The van der Waals surface area contributed by atoms with Crippen molar-refractivity contribution in [3.63, 3.8) is 0 Å². The maximum atomic E-state index is 12.3. The number of nitro benzene ring substituents is 1. The Bertz CT molecular complexity index is 1090. The van der Waals surface area contributed by atoms with Crippen molar-refractivity contribution in [2.45, 2.75) is 16.4 Å². The number of ether oxygens (including phenoxy) is 2. The second-order valence-electron chi connectivity index (χ2n) is 5.45. The van der Waals surface area contributed by atoms with Gasteiger partial charge in [-0.15, -0.1) is 18.3 Å². The number of nitro groups is 1. The Morgan fingerprint density at radius 2 is 1.90 bits per heavy atom. The van der Waals surface area contributed by atoms with Crippen LogP contribution in [-0.2, 0) is 4.74 Å². The number of alkyl halides is 3.